The van der Waals surface area contributed by atoms with Crippen LogP contribution < -0.4 is 16.6 Å². The number of rotatable bonds is 4. The van der Waals surface area contributed by atoms with E-state index in [-0.39, 0.29) is 11.4 Å². The number of hydrogen-bond donors (Lipinski definition) is 3. The molecule has 0 saturated carbocycles. The minimum Gasteiger partial charge on any atom is -0.320 e. The highest BCUT2D eigenvalue weighted by atomic mass is 16.6. The van der Waals surface area contributed by atoms with Gasteiger partial charge in [0.05, 0.1) is 16.2 Å². The zero-order valence-corrected chi connectivity index (χ0v) is 11.2. The molecular formula is C13H13N5O3. The highest BCUT2D eigenvalue weighted by molar-refractivity contribution is 6.03. The summed E-state index contributed by atoms with van der Waals surface area (Å²) in [6, 6.07) is 9.22. The Kier molecular flexibility index (Phi) is 4.10. The molecular weight excluding hydrogens is 274 g/mol. The maximum absolute atomic E-state index is 12.1. The summed E-state index contributed by atoms with van der Waals surface area (Å²) in [5.41, 5.74) is 3.17. The lowest BCUT2D eigenvalue weighted by Gasteiger charge is -2.08. The molecule has 0 aliphatic heterocycles. The Hall–Kier alpha value is -3.00. The number of amides is 1. The summed E-state index contributed by atoms with van der Waals surface area (Å²) in [6.45, 7) is 1.57. The van der Waals surface area contributed by atoms with Crippen LogP contribution >= 0.6 is 0 Å². The second-order valence-electron chi connectivity index (χ2n) is 4.21. The van der Waals surface area contributed by atoms with Gasteiger partial charge in [-0.25, -0.2) is 10.8 Å². The Morgan fingerprint density at radius 1 is 1.29 bits per heavy atom. The molecule has 1 heterocycles. The normalized spacial score (nSPS) is 10.0. The van der Waals surface area contributed by atoms with Gasteiger partial charge in [-0.15, -0.1) is 0 Å². The molecule has 1 aromatic heterocycles. The first-order chi connectivity index (χ1) is 10.0. The Labute approximate surface area is 120 Å². The van der Waals surface area contributed by atoms with E-state index in [4.69, 9.17) is 5.84 Å². The summed E-state index contributed by atoms with van der Waals surface area (Å²) in [7, 11) is 0. The van der Waals surface area contributed by atoms with Crippen molar-refractivity contribution in [3.8, 4) is 0 Å². The highest BCUT2D eigenvalue weighted by Crippen LogP contribution is 2.25. The fraction of sp³-hybridized carbons (Fsp3) is 0.0769. The molecule has 21 heavy (non-hydrogen) atoms. The summed E-state index contributed by atoms with van der Waals surface area (Å²) in [4.78, 5) is 26.5. The molecule has 2 aromatic rings. The summed E-state index contributed by atoms with van der Waals surface area (Å²) in [5.74, 6) is 5.10. The SMILES string of the molecule is Cc1c(NC(=O)c2cccc(NN)n2)cccc1[N+](=O)[O-]. The molecule has 0 spiro atoms. The lowest BCUT2D eigenvalue weighted by Crippen LogP contribution is -2.16. The molecule has 0 unspecified atom stereocenters. The maximum Gasteiger partial charge on any atom is 0.274 e. The third-order valence-electron chi connectivity index (χ3n) is 2.88. The number of benzene rings is 1. The van der Waals surface area contributed by atoms with E-state index in [2.05, 4.69) is 15.7 Å². The number of nitrogens with one attached hydrogen (secondary N) is 2. The van der Waals surface area contributed by atoms with Crippen molar-refractivity contribution >= 4 is 23.1 Å². The van der Waals surface area contributed by atoms with Crippen molar-refractivity contribution in [2.45, 2.75) is 6.92 Å². The average molecular weight is 287 g/mol. The van der Waals surface area contributed by atoms with Gasteiger partial charge in [-0.1, -0.05) is 12.1 Å². The van der Waals surface area contributed by atoms with Crippen LogP contribution in [-0.2, 0) is 0 Å². The van der Waals surface area contributed by atoms with Crippen LogP contribution in [0.5, 0.6) is 0 Å². The van der Waals surface area contributed by atoms with Crippen molar-refractivity contribution in [3.63, 3.8) is 0 Å². The predicted molar refractivity (Wildman–Crippen MR) is 77.8 cm³/mol. The van der Waals surface area contributed by atoms with Crippen molar-refractivity contribution in [1.29, 1.82) is 0 Å². The molecule has 0 radical (unpaired) electrons. The summed E-state index contributed by atoms with van der Waals surface area (Å²) in [6.07, 6.45) is 0. The van der Waals surface area contributed by atoms with Crippen molar-refractivity contribution < 1.29 is 9.72 Å². The molecule has 1 amide bonds. The molecule has 0 saturated heterocycles. The fourth-order valence-corrected chi connectivity index (χ4v) is 1.78. The second-order valence-corrected chi connectivity index (χ2v) is 4.21. The number of nitrogens with zero attached hydrogens (tertiary/aromatic N) is 2. The quantitative estimate of drug-likeness (QED) is 0.448. The summed E-state index contributed by atoms with van der Waals surface area (Å²) in [5, 5.41) is 13.5. The zero-order valence-electron chi connectivity index (χ0n) is 11.2. The molecule has 1 aromatic carbocycles. The van der Waals surface area contributed by atoms with Gasteiger partial charge in [-0.3, -0.25) is 14.9 Å². The molecule has 108 valence electrons. The molecule has 8 heteroatoms. The fourth-order valence-electron chi connectivity index (χ4n) is 1.78. The van der Waals surface area contributed by atoms with Crippen LogP contribution in [0.1, 0.15) is 16.1 Å². The number of hydrogen-bond acceptors (Lipinski definition) is 6. The van der Waals surface area contributed by atoms with Crippen LogP contribution in [0.25, 0.3) is 0 Å². The van der Waals surface area contributed by atoms with E-state index in [1.807, 2.05) is 0 Å². The molecule has 2 rings (SSSR count). The first-order valence-corrected chi connectivity index (χ1v) is 6.02. The monoisotopic (exact) mass is 287 g/mol. The topological polar surface area (TPSA) is 123 Å². The lowest BCUT2D eigenvalue weighted by atomic mass is 10.1. The molecule has 8 nitrogen and oxygen atoms in total. The van der Waals surface area contributed by atoms with Crippen LogP contribution in [0, 0.1) is 17.0 Å². The van der Waals surface area contributed by atoms with Gasteiger partial charge >= 0.3 is 0 Å². The number of carbonyl (C=O) groups excluding carboxylic acids is 1. The third kappa shape index (κ3) is 3.12. The van der Waals surface area contributed by atoms with Gasteiger partial charge in [-0.2, -0.15) is 0 Å². The Morgan fingerprint density at radius 3 is 2.67 bits per heavy atom. The lowest BCUT2D eigenvalue weighted by molar-refractivity contribution is -0.385. The van der Waals surface area contributed by atoms with Gasteiger partial charge in [-0.05, 0) is 25.1 Å². The van der Waals surface area contributed by atoms with Gasteiger partial charge in [0.15, 0.2) is 0 Å². The smallest absolute Gasteiger partial charge is 0.274 e. The number of hydrazine groups is 1. The Balaban J connectivity index is 2.27. The van der Waals surface area contributed by atoms with E-state index in [0.29, 0.717) is 17.1 Å². The predicted octanol–water partition coefficient (Wildman–Crippen LogP) is 1.84. The minimum absolute atomic E-state index is 0.0573. The third-order valence-corrected chi connectivity index (χ3v) is 2.88. The first kappa shape index (κ1) is 14.4. The largest absolute Gasteiger partial charge is 0.320 e. The minimum atomic E-state index is -0.498. The number of pyridine rings is 1. The van der Waals surface area contributed by atoms with Gasteiger partial charge in [0.25, 0.3) is 11.6 Å². The van der Waals surface area contributed by atoms with Crippen LogP contribution in [0.4, 0.5) is 17.2 Å². The van der Waals surface area contributed by atoms with E-state index in [9.17, 15) is 14.9 Å². The average Bonchev–Trinajstić information content (AvgIpc) is 2.49. The number of nitro benzene ring substituents is 1. The number of nitrogens with two attached hydrogens (primary N) is 1. The number of anilines is 2. The first-order valence-electron chi connectivity index (χ1n) is 6.02. The van der Waals surface area contributed by atoms with Crippen LogP contribution in [0.3, 0.4) is 0 Å². The van der Waals surface area contributed by atoms with Gasteiger partial charge in [0.1, 0.15) is 11.5 Å². The molecule has 0 fully saturated rings. The summed E-state index contributed by atoms with van der Waals surface area (Å²) >= 11 is 0. The summed E-state index contributed by atoms with van der Waals surface area (Å²) < 4.78 is 0. The number of aromatic nitrogens is 1. The van der Waals surface area contributed by atoms with E-state index in [1.54, 1.807) is 25.1 Å². The van der Waals surface area contributed by atoms with E-state index >= 15 is 0 Å². The molecule has 0 atom stereocenters. The van der Waals surface area contributed by atoms with Crippen LogP contribution in [-0.4, -0.2) is 15.8 Å². The van der Waals surface area contributed by atoms with Gasteiger partial charge < -0.3 is 10.7 Å². The van der Waals surface area contributed by atoms with Crippen LogP contribution in [0.15, 0.2) is 36.4 Å². The number of carbonyl (C=O) groups is 1. The highest BCUT2D eigenvalue weighted by Gasteiger charge is 2.16. The molecule has 0 aliphatic carbocycles. The van der Waals surface area contributed by atoms with Crippen molar-refractivity contribution in [2.24, 2.45) is 5.84 Å². The molecule has 0 bridgehead atoms. The number of nitrogen functional groups attached to an aromatic ring is 1. The standard InChI is InChI=1S/C13H13N5O3/c1-8-9(4-2-6-11(8)18(20)21)16-13(19)10-5-3-7-12(15-10)17-14/h2-7H,14H2,1H3,(H,15,17)(H,16,19). The van der Waals surface area contributed by atoms with Crippen LogP contribution in [0.2, 0.25) is 0 Å². The molecule has 4 N–H and O–H groups in total. The second kappa shape index (κ2) is 5.97. The zero-order chi connectivity index (χ0) is 15.4. The van der Waals surface area contributed by atoms with E-state index in [1.165, 1.54) is 18.2 Å². The van der Waals surface area contributed by atoms with Crippen molar-refractivity contribution in [1.82, 2.24) is 4.98 Å². The van der Waals surface area contributed by atoms with Crippen molar-refractivity contribution in [3.05, 3.63) is 57.8 Å². The van der Waals surface area contributed by atoms with Gasteiger partial charge in [0, 0.05) is 6.07 Å². The number of nitro groups is 1. The van der Waals surface area contributed by atoms with Gasteiger partial charge in [0.2, 0.25) is 0 Å². The Morgan fingerprint density at radius 2 is 2.00 bits per heavy atom. The maximum atomic E-state index is 12.1. The van der Waals surface area contributed by atoms with Crippen molar-refractivity contribution in [2.75, 3.05) is 10.7 Å². The Bertz CT molecular complexity index is 702. The van der Waals surface area contributed by atoms with E-state index in [0.717, 1.165) is 0 Å². The van der Waals surface area contributed by atoms with E-state index < -0.39 is 10.8 Å². The molecule has 0 aliphatic rings.